The van der Waals surface area contributed by atoms with Gasteiger partial charge in [0, 0.05) is 18.6 Å². The fourth-order valence-electron chi connectivity index (χ4n) is 6.17. The van der Waals surface area contributed by atoms with E-state index >= 15 is 0 Å². The first kappa shape index (κ1) is 33.5. The zero-order valence-corrected chi connectivity index (χ0v) is 25.4. The summed E-state index contributed by atoms with van der Waals surface area (Å²) in [5.41, 5.74) is -1.27. The Hall–Kier alpha value is -1.73. The molecule has 1 N–H and O–H groups in total. The summed E-state index contributed by atoms with van der Waals surface area (Å²) in [5.74, 6) is 1.21. The van der Waals surface area contributed by atoms with Crippen LogP contribution in [0.15, 0.2) is 12.2 Å². The Morgan fingerprint density at radius 3 is 2.23 bits per heavy atom. The molecule has 0 aromatic carbocycles. The van der Waals surface area contributed by atoms with E-state index in [1.54, 1.807) is 13.8 Å². The molecule has 0 aliphatic heterocycles. The van der Waals surface area contributed by atoms with Crippen molar-refractivity contribution in [3.8, 4) is 0 Å². The standard InChI is InChI=1S/C32H55NO6/c1-7-31(6,30(36)33-20-22-37-29(35)24(4)5)38-21-14-10-11-17-28(34)32(8-2,9-3)39-27-19-18-25-15-12-13-16-26(25)23-27/h25-27H,4,7-23H2,1-3,5-6H3,(H,33,36). The molecule has 2 aliphatic rings. The van der Waals surface area contributed by atoms with Crippen molar-refractivity contribution in [2.45, 2.75) is 142 Å². The van der Waals surface area contributed by atoms with Crippen molar-refractivity contribution in [1.82, 2.24) is 5.32 Å². The van der Waals surface area contributed by atoms with Crippen LogP contribution in [0.3, 0.4) is 0 Å². The molecule has 2 fully saturated rings. The van der Waals surface area contributed by atoms with Gasteiger partial charge in [0.1, 0.15) is 17.8 Å². The van der Waals surface area contributed by atoms with Gasteiger partial charge >= 0.3 is 5.97 Å². The number of ketones is 1. The quantitative estimate of drug-likeness (QED) is 0.120. The smallest absolute Gasteiger partial charge is 0.333 e. The molecule has 0 saturated heterocycles. The van der Waals surface area contributed by atoms with Gasteiger partial charge in [-0.25, -0.2) is 4.79 Å². The molecule has 4 unspecified atom stereocenters. The maximum absolute atomic E-state index is 13.4. The lowest BCUT2D eigenvalue weighted by molar-refractivity contribution is -0.162. The highest BCUT2D eigenvalue weighted by atomic mass is 16.5. The molecule has 224 valence electrons. The molecular weight excluding hydrogens is 494 g/mol. The minimum atomic E-state index is -0.946. The van der Waals surface area contributed by atoms with Gasteiger partial charge in [-0.05, 0) is 77.0 Å². The van der Waals surface area contributed by atoms with E-state index in [4.69, 9.17) is 14.2 Å². The molecule has 0 bridgehead atoms. The Bertz CT molecular complexity index is 806. The van der Waals surface area contributed by atoms with Crippen LogP contribution in [0.2, 0.25) is 0 Å². The molecule has 0 spiro atoms. The molecule has 7 heteroatoms. The van der Waals surface area contributed by atoms with Crippen molar-refractivity contribution in [3.05, 3.63) is 12.2 Å². The minimum Gasteiger partial charge on any atom is -0.460 e. The predicted molar refractivity (Wildman–Crippen MR) is 154 cm³/mol. The fourth-order valence-corrected chi connectivity index (χ4v) is 6.17. The average Bonchev–Trinajstić information content (AvgIpc) is 2.95. The van der Waals surface area contributed by atoms with Crippen LogP contribution in [0.5, 0.6) is 0 Å². The number of amides is 1. The molecular formula is C32H55NO6. The summed E-state index contributed by atoms with van der Waals surface area (Å²) in [5, 5.41) is 2.78. The van der Waals surface area contributed by atoms with Crippen LogP contribution in [0.25, 0.3) is 0 Å². The van der Waals surface area contributed by atoms with Crippen molar-refractivity contribution >= 4 is 17.7 Å². The number of nitrogens with one attached hydrogen (secondary N) is 1. The number of fused-ring (bicyclic) bond motifs is 1. The first-order chi connectivity index (χ1) is 18.6. The normalized spacial score (nSPS) is 22.8. The first-order valence-corrected chi connectivity index (χ1v) is 15.6. The van der Waals surface area contributed by atoms with E-state index in [9.17, 15) is 14.4 Å². The van der Waals surface area contributed by atoms with Crippen LogP contribution in [0.4, 0.5) is 0 Å². The first-order valence-electron chi connectivity index (χ1n) is 15.6. The third-order valence-electron chi connectivity index (χ3n) is 9.13. The summed E-state index contributed by atoms with van der Waals surface area (Å²) in [7, 11) is 0. The number of carbonyl (C=O) groups excluding carboxylic acids is 3. The average molecular weight is 550 g/mol. The zero-order chi connectivity index (χ0) is 28.9. The van der Waals surface area contributed by atoms with Gasteiger partial charge in [-0.1, -0.05) is 59.5 Å². The summed E-state index contributed by atoms with van der Waals surface area (Å²) >= 11 is 0. The molecule has 4 atom stereocenters. The lowest BCUT2D eigenvalue weighted by atomic mass is 9.70. The number of Topliss-reactive ketones (excluding diaryl/α,β-unsaturated/α-hetero) is 1. The number of unbranched alkanes of at least 4 members (excludes halogenated alkanes) is 2. The second-order valence-corrected chi connectivity index (χ2v) is 11.9. The summed E-state index contributed by atoms with van der Waals surface area (Å²) in [6, 6.07) is 0. The van der Waals surface area contributed by atoms with E-state index in [0.717, 1.165) is 56.8 Å². The monoisotopic (exact) mass is 549 g/mol. The molecule has 2 rings (SSSR count). The van der Waals surface area contributed by atoms with Crippen LogP contribution in [0.1, 0.15) is 125 Å². The third-order valence-corrected chi connectivity index (χ3v) is 9.13. The second-order valence-electron chi connectivity index (χ2n) is 11.9. The molecule has 1 amide bonds. The fraction of sp³-hybridized carbons (Fsp3) is 0.844. The van der Waals surface area contributed by atoms with Crippen LogP contribution < -0.4 is 5.32 Å². The van der Waals surface area contributed by atoms with Gasteiger partial charge in [0.05, 0.1) is 12.6 Å². The molecule has 7 nitrogen and oxygen atoms in total. The molecule has 0 radical (unpaired) electrons. The number of hydrogen-bond acceptors (Lipinski definition) is 6. The highest BCUT2D eigenvalue weighted by Crippen LogP contribution is 2.43. The maximum atomic E-state index is 13.4. The van der Waals surface area contributed by atoms with Crippen molar-refractivity contribution < 1.29 is 28.6 Å². The Kier molecular flexibility index (Phi) is 14.2. The van der Waals surface area contributed by atoms with Gasteiger partial charge in [0.2, 0.25) is 0 Å². The number of esters is 1. The van der Waals surface area contributed by atoms with Crippen molar-refractivity contribution in [3.63, 3.8) is 0 Å². The van der Waals surface area contributed by atoms with Crippen molar-refractivity contribution in [2.24, 2.45) is 11.8 Å². The molecule has 2 aliphatic carbocycles. The minimum absolute atomic E-state index is 0.0911. The molecule has 0 aromatic heterocycles. The van der Waals surface area contributed by atoms with Crippen molar-refractivity contribution in [2.75, 3.05) is 19.8 Å². The molecule has 39 heavy (non-hydrogen) atoms. The number of carbonyl (C=O) groups is 3. The molecule has 0 aromatic rings. The van der Waals surface area contributed by atoms with Gasteiger partial charge in [-0.15, -0.1) is 0 Å². The highest BCUT2D eigenvalue weighted by molar-refractivity contribution is 5.87. The summed E-state index contributed by atoms with van der Waals surface area (Å²) in [6.07, 6.45) is 14.1. The van der Waals surface area contributed by atoms with E-state index in [1.165, 1.54) is 32.1 Å². The predicted octanol–water partition coefficient (Wildman–Crippen LogP) is 6.47. The van der Waals surface area contributed by atoms with Crippen LogP contribution in [0, 0.1) is 11.8 Å². The van der Waals surface area contributed by atoms with E-state index in [0.29, 0.717) is 25.0 Å². The molecule has 2 saturated carbocycles. The third kappa shape index (κ3) is 10.00. The number of rotatable bonds is 18. The Morgan fingerprint density at radius 1 is 0.897 bits per heavy atom. The van der Waals surface area contributed by atoms with Gasteiger partial charge in [0.15, 0.2) is 5.78 Å². The SMILES string of the molecule is C=C(C)C(=O)OCCNC(=O)C(C)(CC)OCCCCCC(=O)C(CC)(CC)OC1CCC2CCCCC2C1. The van der Waals surface area contributed by atoms with Crippen LogP contribution >= 0.6 is 0 Å². The van der Waals surface area contributed by atoms with Gasteiger partial charge in [0.25, 0.3) is 5.91 Å². The molecule has 0 heterocycles. The zero-order valence-electron chi connectivity index (χ0n) is 25.4. The van der Waals surface area contributed by atoms with Crippen LogP contribution in [-0.2, 0) is 28.6 Å². The van der Waals surface area contributed by atoms with E-state index in [-0.39, 0.29) is 30.9 Å². The summed E-state index contributed by atoms with van der Waals surface area (Å²) in [6.45, 7) is 13.7. The van der Waals surface area contributed by atoms with Gasteiger partial charge in [-0.2, -0.15) is 0 Å². The topological polar surface area (TPSA) is 90.9 Å². The Balaban J connectivity index is 1.71. The highest BCUT2D eigenvalue weighted by Gasteiger charge is 2.40. The number of ether oxygens (including phenoxy) is 3. The lowest BCUT2D eigenvalue weighted by Gasteiger charge is -2.43. The van der Waals surface area contributed by atoms with Gasteiger partial charge < -0.3 is 19.5 Å². The summed E-state index contributed by atoms with van der Waals surface area (Å²) in [4.78, 5) is 37.5. The van der Waals surface area contributed by atoms with Crippen LogP contribution in [-0.4, -0.2) is 54.7 Å². The Labute approximate surface area is 237 Å². The van der Waals surface area contributed by atoms with Crippen molar-refractivity contribution in [1.29, 1.82) is 0 Å². The largest absolute Gasteiger partial charge is 0.460 e. The maximum Gasteiger partial charge on any atom is 0.333 e. The Morgan fingerprint density at radius 2 is 1.59 bits per heavy atom. The van der Waals surface area contributed by atoms with E-state index < -0.39 is 17.2 Å². The van der Waals surface area contributed by atoms with E-state index in [1.807, 2.05) is 6.92 Å². The van der Waals surface area contributed by atoms with E-state index in [2.05, 4.69) is 25.7 Å². The van der Waals surface area contributed by atoms with Gasteiger partial charge in [-0.3, -0.25) is 9.59 Å². The summed E-state index contributed by atoms with van der Waals surface area (Å²) < 4.78 is 17.7. The second kappa shape index (κ2) is 16.5. The lowest BCUT2D eigenvalue weighted by Crippen LogP contribution is -2.47. The number of hydrogen-bond donors (Lipinski definition) is 1.